The molecule has 5 heteroatoms. The lowest BCUT2D eigenvalue weighted by molar-refractivity contribution is 0.233. The quantitative estimate of drug-likeness (QED) is 0.883. The van der Waals surface area contributed by atoms with Crippen LogP contribution < -0.4 is 5.32 Å². The maximum atomic E-state index is 9.16. The summed E-state index contributed by atoms with van der Waals surface area (Å²) in [6.45, 7) is 12.2. The molecule has 0 radical (unpaired) electrons. The summed E-state index contributed by atoms with van der Waals surface area (Å²) in [6, 6.07) is 2.48. The smallest absolute Gasteiger partial charge is 0.109 e. The first-order valence-corrected chi connectivity index (χ1v) is 8.77. The second kappa shape index (κ2) is 6.37. The number of aliphatic hydroxyl groups is 1. The van der Waals surface area contributed by atoms with Gasteiger partial charge in [-0.05, 0) is 38.7 Å². The minimum atomic E-state index is 0.114. The van der Waals surface area contributed by atoms with Gasteiger partial charge in [0.2, 0.25) is 0 Å². The summed E-state index contributed by atoms with van der Waals surface area (Å²) >= 11 is 0. The molecule has 1 aliphatic rings. The summed E-state index contributed by atoms with van der Waals surface area (Å²) in [5, 5.41) is 17.4. The Labute approximate surface area is 144 Å². The first kappa shape index (κ1) is 17.2. The van der Waals surface area contributed by atoms with Gasteiger partial charge in [0, 0.05) is 35.8 Å². The van der Waals surface area contributed by atoms with Gasteiger partial charge in [-0.15, -0.1) is 0 Å². The number of nitrogens with one attached hydrogen (secondary N) is 1. The van der Waals surface area contributed by atoms with Gasteiger partial charge in [0.1, 0.15) is 11.5 Å². The zero-order valence-corrected chi connectivity index (χ0v) is 15.4. The second-order valence-corrected chi connectivity index (χ2v) is 7.81. The standard InChI is InChI=1S/C19H29N3O2/c1-12-8-15-17(9-19(4,5)10-18(15)24-12)20-11-16-13(2)21-22(6-7-23)14(16)3/h8,17,20,23H,6-7,9-11H2,1-5H3/t17-/m1/s1. The lowest BCUT2D eigenvalue weighted by Gasteiger charge is -2.35. The molecule has 0 fully saturated rings. The van der Waals surface area contributed by atoms with E-state index in [-0.39, 0.29) is 12.0 Å². The van der Waals surface area contributed by atoms with Crippen LogP contribution in [0, 0.1) is 26.2 Å². The molecule has 132 valence electrons. The maximum Gasteiger partial charge on any atom is 0.109 e. The van der Waals surface area contributed by atoms with Gasteiger partial charge in [-0.25, -0.2) is 0 Å². The molecule has 24 heavy (non-hydrogen) atoms. The molecule has 0 spiro atoms. The summed E-state index contributed by atoms with van der Waals surface area (Å²) in [7, 11) is 0. The van der Waals surface area contributed by atoms with E-state index in [9.17, 15) is 0 Å². The van der Waals surface area contributed by atoms with Crippen LogP contribution in [0.1, 0.15) is 60.3 Å². The van der Waals surface area contributed by atoms with Crippen molar-refractivity contribution in [2.45, 2.75) is 66.6 Å². The molecule has 0 saturated heterocycles. The van der Waals surface area contributed by atoms with Crippen molar-refractivity contribution in [3.8, 4) is 0 Å². The zero-order chi connectivity index (χ0) is 17.5. The highest BCUT2D eigenvalue weighted by Gasteiger charge is 2.34. The molecule has 2 aromatic heterocycles. The molecule has 2 aromatic rings. The van der Waals surface area contributed by atoms with Crippen LogP contribution in [0.15, 0.2) is 10.5 Å². The number of furan rings is 1. The molecule has 3 rings (SSSR count). The summed E-state index contributed by atoms with van der Waals surface area (Å²) in [5.41, 5.74) is 4.94. The van der Waals surface area contributed by atoms with Gasteiger partial charge in [-0.2, -0.15) is 5.10 Å². The van der Waals surface area contributed by atoms with Gasteiger partial charge < -0.3 is 14.8 Å². The summed E-state index contributed by atoms with van der Waals surface area (Å²) in [5.74, 6) is 2.12. The molecule has 2 N–H and O–H groups in total. The number of nitrogens with zero attached hydrogens (tertiary/aromatic N) is 2. The van der Waals surface area contributed by atoms with Crippen molar-refractivity contribution in [2.75, 3.05) is 6.61 Å². The van der Waals surface area contributed by atoms with Gasteiger partial charge in [-0.3, -0.25) is 4.68 Å². The number of aromatic nitrogens is 2. The lowest BCUT2D eigenvalue weighted by Crippen LogP contribution is -2.32. The third-order valence-corrected chi connectivity index (χ3v) is 5.10. The van der Waals surface area contributed by atoms with Crippen molar-refractivity contribution < 1.29 is 9.52 Å². The first-order chi connectivity index (χ1) is 11.3. The SMILES string of the molecule is Cc1cc2c(o1)CC(C)(C)C[C@H]2NCc1c(C)nn(CCO)c1C. The minimum Gasteiger partial charge on any atom is -0.466 e. The van der Waals surface area contributed by atoms with E-state index >= 15 is 0 Å². The fourth-order valence-electron chi connectivity index (χ4n) is 3.89. The van der Waals surface area contributed by atoms with Crippen LogP contribution in [0.3, 0.4) is 0 Å². The Morgan fingerprint density at radius 2 is 2.12 bits per heavy atom. The van der Waals surface area contributed by atoms with Crippen LogP contribution in [-0.4, -0.2) is 21.5 Å². The number of aliphatic hydroxyl groups excluding tert-OH is 1. The molecule has 0 unspecified atom stereocenters. The van der Waals surface area contributed by atoms with Crippen molar-refractivity contribution in [1.29, 1.82) is 0 Å². The number of rotatable bonds is 5. The van der Waals surface area contributed by atoms with E-state index in [0.29, 0.717) is 12.6 Å². The Morgan fingerprint density at radius 1 is 1.38 bits per heavy atom. The fraction of sp³-hybridized carbons (Fsp3) is 0.632. The molecule has 5 nitrogen and oxygen atoms in total. The highest BCUT2D eigenvalue weighted by atomic mass is 16.3. The Bertz CT molecular complexity index is 727. The molecule has 0 aliphatic heterocycles. The molecular formula is C19H29N3O2. The predicted molar refractivity (Wildman–Crippen MR) is 93.9 cm³/mol. The molecule has 1 aliphatic carbocycles. The van der Waals surface area contributed by atoms with Crippen LogP contribution in [-0.2, 0) is 19.5 Å². The fourth-order valence-corrected chi connectivity index (χ4v) is 3.89. The van der Waals surface area contributed by atoms with Crippen molar-refractivity contribution in [3.63, 3.8) is 0 Å². The normalized spacial score (nSPS) is 19.5. The number of aryl methyl sites for hydroxylation is 2. The van der Waals surface area contributed by atoms with Gasteiger partial charge >= 0.3 is 0 Å². The molecule has 2 heterocycles. The molecular weight excluding hydrogens is 302 g/mol. The van der Waals surface area contributed by atoms with Crippen LogP contribution in [0.25, 0.3) is 0 Å². The van der Waals surface area contributed by atoms with Crippen molar-refractivity contribution in [2.24, 2.45) is 5.41 Å². The topological polar surface area (TPSA) is 63.2 Å². The van der Waals surface area contributed by atoms with Crippen LogP contribution >= 0.6 is 0 Å². The Hall–Kier alpha value is -1.59. The third kappa shape index (κ3) is 3.28. The molecule has 0 bridgehead atoms. The number of fused-ring (bicyclic) bond motifs is 1. The Balaban J connectivity index is 1.79. The third-order valence-electron chi connectivity index (χ3n) is 5.10. The van der Waals surface area contributed by atoms with E-state index in [1.807, 2.05) is 18.5 Å². The van der Waals surface area contributed by atoms with Crippen LogP contribution in [0.2, 0.25) is 0 Å². The lowest BCUT2D eigenvalue weighted by atomic mass is 9.74. The largest absolute Gasteiger partial charge is 0.466 e. The number of hydrogen-bond acceptors (Lipinski definition) is 4. The molecule has 0 saturated carbocycles. The van der Waals surface area contributed by atoms with Gasteiger partial charge in [0.05, 0.1) is 18.8 Å². The molecule has 1 atom stereocenters. The Morgan fingerprint density at radius 3 is 2.83 bits per heavy atom. The first-order valence-electron chi connectivity index (χ1n) is 8.77. The average Bonchev–Trinajstić information content (AvgIpc) is 2.96. The van der Waals surface area contributed by atoms with Gasteiger partial charge in [-0.1, -0.05) is 13.8 Å². The Kier molecular flexibility index (Phi) is 4.58. The van der Waals surface area contributed by atoms with E-state index in [2.05, 4.69) is 37.3 Å². The van der Waals surface area contributed by atoms with E-state index < -0.39 is 0 Å². The van der Waals surface area contributed by atoms with E-state index in [1.54, 1.807) is 0 Å². The van der Waals surface area contributed by atoms with E-state index in [0.717, 1.165) is 42.3 Å². The van der Waals surface area contributed by atoms with Crippen LogP contribution in [0.5, 0.6) is 0 Å². The van der Waals surface area contributed by atoms with Crippen LogP contribution in [0.4, 0.5) is 0 Å². The van der Waals surface area contributed by atoms with Crippen molar-refractivity contribution in [3.05, 3.63) is 40.1 Å². The van der Waals surface area contributed by atoms with E-state index in [1.165, 1.54) is 11.1 Å². The number of hydrogen-bond donors (Lipinski definition) is 2. The summed E-state index contributed by atoms with van der Waals surface area (Å²) in [4.78, 5) is 0. The minimum absolute atomic E-state index is 0.114. The predicted octanol–water partition coefficient (Wildman–Crippen LogP) is 3.20. The van der Waals surface area contributed by atoms with Gasteiger partial charge in [0.25, 0.3) is 0 Å². The van der Waals surface area contributed by atoms with Crippen molar-refractivity contribution in [1.82, 2.24) is 15.1 Å². The summed E-state index contributed by atoms with van der Waals surface area (Å²) < 4.78 is 7.82. The highest BCUT2D eigenvalue weighted by molar-refractivity contribution is 5.30. The van der Waals surface area contributed by atoms with Gasteiger partial charge in [0.15, 0.2) is 0 Å². The highest BCUT2D eigenvalue weighted by Crippen LogP contribution is 2.42. The average molecular weight is 331 g/mol. The second-order valence-electron chi connectivity index (χ2n) is 7.81. The van der Waals surface area contributed by atoms with E-state index in [4.69, 9.17) is 9.52 Å². The molecule has 0 amide bonds. The zero-order valence-electron chi connectivity index (χ0n) is 15.4. The maximum absolute atomic E-state index is 9.16. The summed E-state index contributed by atoms with van der Waals surface area (Å²) in [6.07, 6.45) is 2.10. The van der Waals surface area contributed by atoms with Crippen molar-refractivity contribution >= 4 is 0 Å². The molecule has 0 aromatic carbocycles. The monoisotopic (exact) mass is 331 g/mol.